The van der Waals surface area contributed by atoms with Gasteiger partial charge in [-0.25, -0.2) is 4.98 Å². The lowest BCUT2D eigenvalue weighted by Gasteiger charge is -2.28. The number of carbonyl (C=O) groups is 1. The zero-order valence-corrected chi connectivity index (χ0v) is 13.2. The number of hydrogen-bond acceptors (Lipinski definition) is 4. The number of amides is 1. The van der Waals surface area contributed by atoms with Gasteiger partial charge in [0.1, 0.15) is 0 Å². The number of hydrogen-bond donors (Lipinski definition) is 2. The number of thiazole rings is 1. The van der Waals surface area contributed by atoms with Crippen molar-refractivity contribution in [2.45, 2.75) is 45.1 Å². The minimum absolute atomic E-state index is 0.00676. The topological polar surface area (TPSA) is 66.6 Å². The fraction of sp³-hybridized carbons (Fsp3) is 0.600. The van der Waals surface area contributed by atoms with Crippen molar-refractivity contribution in [3.63, 3.8) is 0 Å². The first kappa shape index (κ1) is 14.5. The van der Waals surface area contributed by atoms with Gasteiger partial charge >= 0.3 is 0 Å². The Morgan fingerprint density at radius 2 is 2.38 bits per heavy atom. The molecule has 0 saturated heterocycles. The number of rotatable bonds is 6. The van der Waals surface area contributed by atoms with Gasteiger partial charge in [0, 0.05) is 23.7 Å². The van der Waals surface area contributed by atoms with Crippen LogP contribution in [-0.4, -0.2) is 32.5 Å². The minimum atomic E-state index is -0.452. The van der Waals surface area contributed by atoms with E-state index in [0.717, 1.165) is 29.2 Å². The second kappa shape index (κ2) is 5.42. The number of aryl methyl sites for hydroxylation is 2. The zero-order chi connectivity index (χ0) is 15.0. The molecule has 0 aromatic carbocycles. The molecule has 2 aromatic heterocycles. The second-order valence-corrected chi connectivity index (χ2v) is 7.00. The lowest BCUT2D eigenvalue weighted by Crippen LogP contribution is -2.50. The number of carbonyl (C=O) groups excluding carboxylic acids is 1. The molecule has 114 valence electrons. The summed E-state index contributed by atoms with van der Waals surface area (Å²) in [7, 11) is 0. The minimum Gasteiger partial charge on any atom is -0.394 e. The molecule has 2 aromatic rings. The van der Waals surface area contributed by atoms with Crippen LogP contribution in [0.15, 0.2) is 11.6 Å². The Kier molecular flexibility index (Phi) is 3.75. The smallest absolute Gasteiger partial charge is 0.220 e. The van der Waals surface area contributed by atoms with Crippen LogP contribution in [0.4, 0.5) is 0 Å². The summed E-state index contributed by atoms with van der Waals surface area (Å²) in [5, 5.41) is 14.6. The largest absolute Gasteiger partial charge is 0.394 e. The molecule has 1 fully saturated rings. The maximum absolute atomic E-state index is 12.1. The summed E-state index contributed by atoms with van der Waals surface area (Å²) in [6.07, 6.45) is 5.31. The first-order chi connectivity index (χ1) is 10.0. The Labute approximate surface area is 128 Å². The van der Waals surface area contributed by atoms with Crippen LogP contribution in [0.25, 0.3) is 4.96 Å². The third-order valence-corrected chi connectivity index (χ3v) is 5.13. The highest BCUT2D eigenvalue weighted by Gasteiger charge is 2.41. The van der Waals surface area contributed by atoms with E-state index in [0.29, 0.717) is 18.8 Å². The van der Waals surface area contributed by atoms with E-state index in [1.807, 2.05) is 20.0 Å². The van der Waals surface area contributed by atoms with Crippen LogP contribution < -0.4 is 5.32 Å². The number of nitrogens with zero attached hydrogens (tertiary/aromatic N) is 2. The van der Waals surface area contributed by atoms with Crippen LogP contribution in [0, 0.1) is 12.8 Å². The van der Waals surface area contributed by atoms with Crippen molar-refractivity contribution >= 4 is 22.2 Å². The Balaban J connectivity index is 1.60. The molecule has 2 N–H and O–H groups in total. The highest BCUT2D eigenvalue weighted by molar-refractivity contribution is 7.15. The Morgan fingerprint density at radius 1 is 1.62 bits per heavy atom. The lowest BCUT2D eigenvalue weighted by molar-refractivity contribution is -0.123. The Bertz CT molecular complexity index is 659. The van der Waals surface area contributed by atoms with E-state index in [-0.39, 0.29) is 12.5 Å². The van der Waals surface area contributed by atoms with Gasteiger partial charge in [0.2, 0.25) is 5.91 Å². The quantitative estimate of drug-likeness (QED) is 0.857. The summed E-state index contributed by atoms with van der Waals surface area (Å²) in [4.78, 5) is 17.5. The van der Waals surface area contributed by atoms with Crippen LogP contribution in [0.1, 0.15) is 37.6 Å². The van der Waals surface area contributed by atoms with Crippen molar-refractivity contribution in [1.29, 1.82) is 0 Å². The Morgan fingerprint density at radius 3 is 3.05 bits per heavy atom. The maximum Gasteiger partial charge on any atom is 0.220 e. The molecular weight excluding hydrogens is 286 g/mol. The summed E-state index contributed by atoms with van der Waals surface area (Å²) < 4.78 is 2.05. The molecule has 1 amide bonds. The van der Waals surface area contributed by atoms with Crippen molar-refractivity contribution in [3.05, 3.63) is 23.0 Å². The molecule has 6 heteroatoms. The molecule has 0 radical (unpaired) electrons. The third kappa shape index (κ3) is 2.96. The van der Waals surface area contributed by atoms with E-state index in [4.69, 9.17) is 0 Å². The van der Waals surface area contributed by atoms with Crippen molar-refractivity contribution in [2.24, 2.45) is 5.92 Å². The molecular formula is C15H21N3O2S. The number of aliphatic hydroxyl groups excluding tert-OH is 1. The first-order valence-electron chi connectivity index (χ1n) is 7.36. The summed E-state index contributed by atoms with van der Waals surface area (Å²) in [6.45, 7) is 3.91. The fourth-order valence-corrected chi connectivity index (χ4v) is 3.69. The van der Waals surface area contributed by atoms with Gasteiger partial charge in [-0.05, 0) is 39.0 Å². The number of aliphatic hydroxyl groups is 1. The van der Waals surface area contributed by atoms with E-state index >= 15 is 0 Å². The lowest BCUT2D eigenvalue weighted by atomic mass is 9.96. The number of imidazole rings is 1. The van der Waals surface area contributed by atoms with Gasteiger partial charge in [-0.1, -0.05) is 0 Å². The van der Waals surface area contributed by atoms with Gasteiger partial charge in [-0.2, -0.15) is 0 Å². The SMILES string of the molecule is Cc1cn2c(CCC(=O)NC(C)(CO)C3CC3)csc2n1. The molecule has 1 aliphatic rings. The molecule has 0 bridgehead atoms. The molecule has 1 unspecified atom stereocenters. The van der Waals surface area contributed by atoms with Crippen molar-refractivity contribution in [3.8, 4) is 0 Å². The normalized spacial score (nSPS) is 17.9. The standard InChI is InChI=1S/C15H21N3O2S/c1-10-7-18-12(8-21-14(18)16-10)5-6-13(20)17-15(2,9-19)11-3-4-11/h7-8,11,19H,3-6,9H2,1-2H3,(H,17,20). The highest BCUT2D eigenvalue weighted by atomic mass is 32.1. The molecule has 3 rings (SSSR count). The van der Waals surface area contributed by atoms with Crippen molar-refractivity contribution in [1.82, 2.24) is 14.7 Å². The maximum atomic E-state index is 12.1. The van der Waals surface area contributed by atoms with Crippen LogP contribution in [-0.2, 0) is 11.2 Å². The van der Waals surface area contributed by atoms with Crippen LogP contribution in [0.3, 0.4) is 0 Å². The van der Waals surface area contributed by atoms with Gasteiger partial charge in [-0.15, -0.1) is 11.3 Å². The average molecular weight is 307 g/mol. The average Bonchev–Trinajstić information content (AvgIpc) is 3.15. The van der Waals surface area contributed by atoms with Crippen molar-refractivity contribution < 1.29 is 9.90 Å². The van der Waals surface area contributed by atoms with E-state index in [9.17, 15) is 9.90 Å². The van der Waals surface area contributed by atoms with Gasteiger partial charge in [0.15, 0.2) is 4.96 Å². The first-order valence-corrected chi connectivity index (χ1v) is 8.24. The molecule has 5 nitrogen and oxygen atoms in total. The summed E-state index contributed by atoms with van der Waals surface area (Å²) in [6, 6.07) is 0. The third-order valence-electron chi connectivity index (χ3n) is 4.24. The van der Waals surface area contributed by atoms with Gasteiger partial charge < -0.3 is 10.4 Å². The molecule has 1 atom stereocenters. The predicted octanol–water partition coefficient (Wildman–Crippen LogP) is 1.91. The molecule has 2 heterocycles. The summed E-state index contributed by atoms with van der Waals surface area (Å²) in [5.74, 6) is 0.435. The fourth-order valence-electron chi connectivity index (χ4n) is 2.74. The molecule has 0 aliphatic heterocycles. The van der Waals surface area contributed by atoms with E-state index < -0.39 is 5.54 Å². The number of fused-ring (bicyclic) bond motifs is 1. The number of aromatic nitrogens is 2. The molecule has 21 heavy (non-hydrogen) atoms. The van der Waals surface area contributed by atoms with Crippen LogP contribution in [0.2, 0.25) is 0 Å². The van der Waals surface area contributed by atoms with Crippen LogP contribution >= 0.6 is 11.3 Å². The van der Waals surface area contributed by atoms with Gasteiger partial charge in [-0.3, -0.25) is 9.20 Å². The molecule has 1 saturated carbocycles. The van der Waals surface area contributed by atoms with Crippen LogP contribution in [0.5, 0.6) is 0 Å². The van der Waals surface area contributed by atoms with E-state index in [2.05, 4.69) is 20.1 Å². The predicted molar refractivity (Wildman–Crippen MR) is 82.5 cm³/mol. The van der Waals surface area contributed by atoms with Gasteiger partial charge in [0.05, 0.1) is 17.8 Å². The molecule has 0 spiro atoms. The summed E-state index contributed by atoms with van der Waals surface area (Å²) >= 11 is 1.60. The number of nitrogens with one attached hydrogen (secondary N) is 1. The Hall–Kier alpha value is -1.40. The monoisotopic (exact) mass is 307 g/mol. The molecule has 1 aliphatic carbocycles. The summed E-state index contributed by atoms with van der Waals surface area (Å²) in [5.41, 5.74) is 1.66. The second-order valence-electron chi connectivity index (χ2n) is 6.16. The highest BCUT2D eigenvalue weighted by Crippen LogP contribution is 2.39. The van der Waals surface area contributed by atoms with E-state index in [1.165, 1.54) is 0 Å². The van der Waals surface area contributed by atoms with E-state index in [1.54, 1.807) is 11.3 Å². The zero-order valence-electron chi connectivity index (χ0n) is 12.4. The van der Waals surface area contributed by atoms with Crippen molar-refractivity contribution in [2.75, 3.05) is 6.61 Å². The van der Waals surface area contributed by atoms with Gasteiger partial charge in [0.25, 0.3) is 0 Å².